The number of rotatable bonds is 21. The molecule has 0 saturated carbocycles. The first kappa shape index (κ1) is 34.8. The fourth-order valence-corrected chi connectivity index (χ4v) is 3.43. The molecule has 0 aliphatic carbocycles. The van der Waals surface area contributed by atoms with Crippen LogP contribution in [0.1, 0.15) is 91.9 Å². The highest BCUT2D eigenvalue weighted by atomic mass is 16.5. The summed E-state index contributed by atoms with van der Waals surface area (Å²) in [6.07, 6.45) is 2.96. The van der Waals surface area contributed by atoms with Crippen LogP contribution >= 0.6 is 0 Å². The topological polar surface area (TPSA) is 163 Å². The van der Waals surface area contributed by atoms with E-state index in [4.69, 9.17) is 18.9 Å². The van der Waals surface area contributed by atoms with Gasteiger partial charge in [-0.1, -0.05) is 12.8 Å². The summed E-state index contributed by atoms with van der Waals surface area (Å²) in [6, 6.07) is -1.85. The van der Waals surface area contributed by atoms with E-state index in [2.05, 4.69) is 10.6 Å². The van der Waals surface area contributed by atoms with Gasteiger partial charge in [-0.15, -0.1) is 0 Å². The lowest BCUT2D eigenvalue weighted by atomic mass is 10.1. The van der Waals surface area contributed by atoms with E-state index >= 15 is 0 Å². The van der Waals surface area contributed by atoms with Gasteiger partial charge in [-0.25, -0.2) is 9.59 Å². The molecule has 12 heteroatoms. The maximum atomic E-state index is 12.3. The fraction of sp³-hybridized carbons (Fsp3) is 0.769. The van der Waals surface area contributed by atoms with E-state index in [-0.39, 0.29) is 76.8 Å². The van der Waals surface area contributed by atoms with Crippen LogP contribution in [0.4, 0.5) is 0 Å². The molecular weight excluding hydrogens is 500 g/mol. The van der Waals surface area contributed by atoms with Crippen LogP contribution in [0.3, 0.4) is 0 Å². The Bertz CT molecular complexity index is 694. The van der Waals surface area contributed by atoms with Gasteiger partial charge in [-0.05, 0) is 53.4 Å². The SMILES string of the molecule is CCOC(=O)CC[C@@H](NC(=O)CCCCCCC(=O)N[C@H](CCC(=O)OCC)C(=O)OCC)C(=O)OCC. The maximum absolute atomic E-state index is 12.3. The Morgan fingerprint density at radius 3 is 1.16 bits per heavy atom. The molecule has 0 aromatic heterocycles. The second-order valence-electron chi connectivity index (χ2n) is 8.35. The van der Waals surface area contributed by atoms with Crippen molar-refractivity contribution in [1.82, 2.24) is 10.6 Å². The van der Waals surface area contributed by atoms with Gasteiger partial charge in [0.25, 0.3) is 0 Å². The molecule has 0 spiro atoms. The lowest BCUT2D eigenvalue weighted by Crippen LogP contribution is -2.42. The highest BCUT2D eigenvalue weighted by molar-refractivity contribution is 5.85. The number of nitrogens with one attached hydrogen (secondary N) is 2. The number of unbranched alkanes of at least 4 members (excludes halogenated alkanes) is 3. The summed E-state index contributed by atoms with van der Waals surface area (Å²) in [5.41, 5.74) is 0. The van der Waals surface area contributed by atoms with Crippen molar-refractivity contribution >= 4 is 35.7 Å². The summed E-state index contributed by atoms with van der Waals surface area (Å²) in [4.78, 5) is 72.0. The third-order valence-corrected chi connectivity index (χ3v) is 5.26. The van der Waals surface area contributed by atoms with Gasteiger partial charge in [-0.2, -0.15) is 0 Å². The molecule has 0 aliphatic heterocycles. The van der Waals surface area contributed by atoms with E-state index in [0.29, 0.717) is 25.7 Å². The maximum Gasteiger partial charge on any atom is 0.328 e. The Balaban J connectivity index is 4.40. The quantitative estimate of drug-likeness (QED) is 0.124. The molecule has 0 aromatic rings. The Hall–Kier alpha value is -3.18. The molecule has 0 heterocycles. The van der Waals surface area contributed by atoms with Crippen molar-refractivity contribution < 1.29 is 47.7 Å². The monoisotopic (exact) mass is 544 g/mol. The number of ether oxygens (including phenoxy) is 4. The van der Waals surface area contributed by atoms with Crippen molar-refractivity contribution in [2.24, 2.45) is 0 Å². The molecule has 2 atom stereocenters. The normalized spacial score (nSPS) is 12.0. The molecule has 0 rings (SSSR count). The molecule has 0 fully saturated rings. The Morgan fingerprint density at radius 2 is 0.842 bits per heavy atom. The van der Waals surface area contributed by atoms with Crippen LogP contribution in [-0.4, -0.2) is 74.2 Å². The first-order valence-electron chi connectivity index (χ1n) is 13.4. The second kappa shape index (κ2) is 21.9. The highest BCUT2D eigenvalue weighted by Crippen LogP contribution is 2.09. The molecule has 12 nitrogen and oxygen atoms in total. The molecule has 0 radical (unpaired) electrons. The molecule has 38 heavy (non-hydrogen) atoms. The van der Waals surface area contributed by atoms with Crippen molar-refractivity contribution in [2.75, 3.05) is 26.4 Å². The summed E-state index contributed by atoms with van der Waals surface area (Å²) in [5.74, 6) is -2.76. The summed E-state index contributed by atoms with van der Waals surface area (Å²) < 4.78 is 19.7. The zero-order valence-electron chi connectivity index (χ0n) is 23.1. The van der Waals surface area contributed by atoms with Crippen LogP contribution in [0.15, 0.2) is 0 Å². The van der Waals surface area contributed by atoms with Gasteiger partial charge in [0.15, 0.2) is 0 Å². The molecule has 2 amide bonds. The van der Waals surface area contributed by atoms with Crippen LogP contribution in [0.2, 0.25) is 0 Å². The van der Waals surface area contributed by atoms with E-state index in [1.807, 2.05) is 0 Å². The number of amides is 2. The molecule has 0 saturated heterocycles. The number of carbonyl (C=O) groups excluding carboxylic acids is 6. The minimum atomic E-state index is -0.924. The number of esters is 4. The predicted molar refractivity (Wildman–Crippen MR) is 137 cm³/mol. The summed E-state index contributed by atoms with van der Waals surface area (Å²) >= 11 is 0. The third kappa shape index (κ3) is 17.3. The van der Waals surface area contributed by atoms with Crippen molar-refractivity contribution in [3.63, 3.8) is 0 Å². The second-order valence-corrected chi connectivity index (χ2v) is 8.35. The molecule has 0 aliphatic rings. The number of hydrogen-bond acceptors (Lipinski definition) is 10. The number of hydrogen-bond donors (Lipinski definition) is 2. The Morgan fingerprint density at radius 1 is 0.500 bits per heavy atom. The summed E-state index contributed by atoms with van der Waals surface area (Å²) in [7, 11) is 0. The van der Waals surface area contributed by atoms with Gasteiger partial charge in [0, 0.05) is 25.7 Å². The van der Waals surface area contributed by atoms with E-state index in [1.54, 1.807) is 27.7 Å². The minimum absolute atomic E-state index is 0.0144. The average molecular weight is 545 g/mol. The van der Waals surface area contributed by atoms with Gasteiger partial charge in [0.05, 0.1) is 26.4 Å². The Labute approximate surface area is 224 Å². The van der Waals surface area contributed by atoms with E-state index < -0.39 is 36.0 Å². The standard InChI is InChI=1S/C26H44N2O10/c1-5-35-23(31)17-15-19(25(33)37-7-3)27-21(29)13-11-9-10-12-14-22(30)28-20(26(34)38-8-4)16-18-24(32)36-6-2/h19-20H,5-18H2,1-4H3,(H,27,29)(H,28,30)/t19-,20-/m1/s1. The van der Waals surface area contributed by atoms with Crippen LogP contribution in [0, 0.1) is 0 Å². The summed E-state index contributed by atoms with van der Waals surface area (Å²) in [6.45, 7) is 7.46. The van der Waals surface area contributed by atoms with Crippen molar-refractivity contribution in [2.45, 2.75) is 104 Å². The van der Waals surface area contributed by atoms with E-state index in [9.17, 15) is 28.8 Å². The molecule has 0 aromatic carbocycles. The lowest BCUT2D eigenvalue weighted by Gasteiger charge is -2.17. The minimum Gasteiger partial charge on any atom is -0.466 e. The van der Waals surface area contributed by atoms with Gasteiger partial charge >= 0.3 is 23.9 Å². The van der Waals surface area contributed by atoms with Crippen molar-refractivity contribution in [1.29, 1.82) is 0 Å². The summed E-state index contributed by atoms with van der Waals surface area (Å²) in [5, 5.41) is 5.23. The molecule has 218 valence electrons. The van der Waals surface area contributed by atoms with E-state index in [0.717, 1.165) is 0 Å². The molecule has 2 N–H and O–H groups in total. The highest BCUT2D eigenvalue weighted by Gasteiger charge is 2.24. The van der Waals surface area contributed by atoms with Crippen LogP contribution < -0.4 is 10.6 Å². The lowest BCUT2D eigenvalue weighted by molar-refractivity contribution is -0.149. The predicted octanol–water partition coefficient (Wildman–Crippen LogP) is 2.11. The van der Waals surface area contributed by atoms with Gasteiger partial charge in [0.1, 0.15) is 12.1 Å². The number of carbonyl (C=O) groups is 6. The average Bonchev–Trinajstić information content (AvgIpc) is 2.86. The van der Waals surface area contributed by atoms with Gasteiger partial charge < -0.3 is 29.6 Å². The Kier molecular flexibility index (Phi) is 20.0. The fourth-order valence-electron chi connectivity index (χ4n) is 3.43. The van der Waals surface area contributed by atoms with Crippen LogP contribution in [0.5, 0.6) is 0 Å². The zero-order chi connectivity index (χ0) is 28.8. The van der Waals surface area contributed by atoms with Crippen molar-refractivity contribution in [3.05, 3.63) is 0 Å². The molecule has 0 bridgehead atoms. The van der Waals surface area contributed by atoms with Crippen LogP contribution in [0.25, 0.3) is 0 Å². The van der Waals surface area contributed by atoms with Crippen molar-refractivity contribution in [3.8, 4) is 0 Å². The first-order chi connectivity index (χ1) is 18.2. The van der Waals surface area contributed by atoms with Crippen LogP contribution in [-0.2, 0) is 47.7 Å². The molecule has 0 unspecified atom stereocenters. The zero-order valence-corrected chi connectivity index (χ0v) is 23.1. The van der Waals surface area contributed by atoms with Gasteiger partial charge in [0.2, 0.25) is 11.8 Å². The van der Waals surface area contributed by atoms with E-state index in [1.165, 1.54) is 0 Å². The third-order valence-electron chi connectivity index (χ3n) is 5.26. The van der Waals surface area contributed by atoms with Gasteiger partial charge in [-0.3, -0.25) is 19.2 Å². The molecular formula is C26H44N2O10. The smallest absolute Gasteiger partial charge is 0.328 e. The first-order valence-corrected chi connectivity index (χ1v) is 13.4. The largest absolute Gasteiger partial charge is 0.466 e.